The van der Waals surface area contributed by atoms with Crippen molar-refractivity contribution >= 4 is 29.1 Å². The maximum atomic E-state index is 6.12. The van der Waals surface area contributed by atoms with Crippen molar-refractivity contribution in [2.24, 2.45) is 0 Å². The molecule has 0 aliphatic heterocycles. The zero-order valence-corrected chi connectivity index (χ0v) is 11.4. The number of aryl methyl sites for hydroxylation is 1. The molecule has 0 bridgehead atoms. The van der Waals surface area contributed by atoms with Crippen LogP contribution in [-0.4, -0.2) is 0 Å². The van der Waals surface area contributed by atoms with Crippen molar-refractivity contribution in [3.63, 3.8) is 0 Å². The van der Waals surface area contributed by atoms with Gasteiger partial charge in [0.1, 0.15) is 0 Å². The van der Waals surface area contributed by atoms with Gasteiger partial charge in [-0.3, -0.25) is 0 Å². The molecule has 2 aromatic rings. The molecule has 0 radical (unpaired) electrons. The first kappa shape index (κ1) is 12.3. The van der Waals surface area contributed by atoms with E-state index >= 15 is 0 Å². The molecular weight excluding hydrogens is 250 g/mol. The first-order valence-electron chi connectivity index (χ1n) is 5.37. The lowest BCUT2D eigenvalue weighted by molar-refractivity contribution is 1.27. The number of benzene rings is 2. The fourth-order valence-electron chi connectivity index (χ4n) is 1.60. The summed E-state index contributed by atoms with van der Waals surface area (Å²) in [6.45, 7) is 4.09. The average molecular weight is 264 g/mol. The molecule has 0 aliphatic carbocycles. The van der Waals surface area contributed by atoms with E-state index in [1.807, 2.05) is 31.2 Å². The monoisotopic (exact) mass is 263 g/mol. The van der Waals surface area contributed by atoms with E-state index in [0.717, 1.165) is 21.2 Å². The van der Waals surface area contributed by atoms with E-state index in [4.69, 9.17) is 17.3 Å². The normalized spacial score (nSPS) is 10.5. The Morgan fingerprint density at radius 2 is 1.76 bits per heavy atom. The van der Waals surface area contributed by atoms with Gasteiger partial charge in [-0.1, -0.05) is 41.6 Å². The Balaban J connectivity index is 2.43. The second-order valence-corrected chi connectivity index (χ2v) is 5.42. The summed E-state index contributed by atoms with van der Waals surface area (Å²) < 4.78 is 0. The quantitative estimate of drug-likeness (QED) is 0.796. The Kier molecular flexibility index (Phi) is 3.65. The van der Waals surface area contributed by atoms with Crippen molar-refractivity contribution in [1.82, 2.24) is 0 Å². The molecule has 0 atom stereocenters. The largest absolute Gasteiger partial charge is 0.398 e. The van der Waals surface area contributed by atoms with Gasteiger partial charge in [0, 0.05) is 20.5 Å². The van der Waals surface area contributed by atoms with Crippen molar-refractivity contribution in [3.05, 3.63) is 52.5 Å². The Morgan fingerprint density at radius 3 is 2.47 bits per heavy atom. The molecule has 3 heteroatoms. The van der Waals surface area contributed by atoms with Crippen LogP contribution >= 0.6 is 23.4 Å². The topological polar surface area (TPSA) is 26.0 Å². The van der Waals surface area contributed by atoms with Gasteiger partial charge in [-0.15, -0.1) is 0 Å². The van der Waals surface area contributed by atoms with Crippen molar-refractivity contribution in [1.29, 1.82) is 0 Å². The third-order valence-corrected chi connectivity index (χ3v) is 4.51. The van der Waals surface area contributed by atoms with Gasteiger partial charge in [-0.05, 0) is 43.2 Å². The van der Waals surface area contributed by atoms with E-state index < -0.39 is 0 Å². The van der Waals surface area contributed by atoms with E-state index in [0.29, 0.717) is 0 Å². The lowest BCUT2D eigenvalue weighted by Gasteiger charge is -2.11. The van der Waals surface area contributed by atoms with Gasteiger partial charge in [-0.2, -0.15) is 0 Å². The maximum Gasteiger partial charge on any atom is 0.0459 e. The fraction of sp³-hybridized carbons (Fsp3) is 0.143. The highest BCUT2D eigenvalue weighted by Gasteiger charge is 2.09. The van der Waals surface area contributed by atoms with Crippen LogP contribution in [0.1, 0.15) is 11.1 Å². The van der Waals surface area contributed by atoms with Crippen molar-refractivity contribution in [2.45, 2.75) is 23.6 Å². The number of rotatable bonds is 2. The third-order valence-electron chi connectivity index (χ3n) is 2.68. The zero-order chi connectivity index (χ0) is 12.4. The summed E-state index contributed by atoms with van der Waals surface area (Å²) in [6, 6.07) is 12.0. The summed E-state index contributed by atoms with van der Waals surface area (Å²) in [4.78, 5) is 2.26. The highest BCUT2D eigenvalue weighted by Crippen LogP contribution is 2.38. The Morgan fingerprint density at radius 1 is 1.06 bits per heavy atom. The first-order valence-corrected chi connectivity index (χ1v) is 6.57. The molecule has 0 unspecified atom stereocenters. The van der Waals surface area contributed by atoms with Crippen molar-refractivity contribution in [3.8, 4) is 0 Å². The van der Waals surface area contributed by atoms with Crippen LogP contribution < -0.4 is 5.73 Å². The van der Waals surface area contributed by atoms with Crippen LogP contribution in [0.4, 0.5) is 5.69 Å². The lowest BCUT2D eigenvalue weighted by Crippen LogP contribution is -1.92. The van der Waals surface area contributed by atoms with E-state index in [1.54, 1.807) is 11.8 Å². The van der Waals surface area contributed by atoms with Crippen molar-refractivity contribution in [2.75, 3.05) is 5.73 Å². The third kappa shape index (κ3) is 2.59. The summed E-state index contributed by atoms with van der Waals surface area (Å²) in [5.41, 5.74) is 9.07. The molecule has 17 heavy (non-hydrogen) atoms. The lowest BCUT2D eigenvalue weighted by atomic mass is 10.2. The molecule has 0 saturated heterocycles. The molecule has 2 aromatic carbocycles. The molecule has 0 heterocycles. The smallest absolute Gasteiger partial charge is 0.0459 e. The summed E-state index contributed by atoms with van der Waals surface area (Å²) in [6.07, 6.45) is 0. The molecule has 0 amide bonds. The minimum absolute atomic E-state index is 0.760. The van der Waals surface area contributed by atoms with Gasteiger partial charge in [-0.25, -0.2) is 0 Å². The van der Waals surface area contributed by atoms with E-state index in [1.165, 1.54) is 10.5 Å². The summed E-state index contributed by atoms with van der Waals surface area (Å²) >= 11 is 7.80. The molecule has 0 aliphatic rings. The second kappa shape index (κ2) is 5.03. The Bertz CT molecular complexity index is 552. The van der Waals surface area contributed by atoms with Gasteiger partial charge >= 0.3 is 0 Å². The van der Waals surface area contributed by atoms with Gasteiger partial charge < -0.3 is 5.73 Å². The second-order valence-electron chi connectivity index (χ2n) is 3.96. The highest BCUT2D eigenvalue weighted by atomic mass is 35.5. The van der Waals surface area contributed by atoms with E-state index in [9.17, 15) is 0 Å². The van der Waals surface area contributed by atoms with Crippen LogP contribution in [0.2, 0.25) is 5.02 Å². The molecular formula is C14H14ClNS. The van der Waals surface area contributed by atoms with Crippen LogP contribution in [0.15, 0.2) is 46.2 Å². The van der Waals surface area contributed by atoms with E-state index in [-0.39, 0.29) is 0 Å². The predicted octanol–water partition coefficient (Wildman–Crippen LogP) is 4.69. The molecule has 0 fully saturated rings. The van der Waals surface area contributed by atoms with Gasteiger partial charge in [0.2, 0.25) is 0 Å². The first-order chi connectivity index (χ1) is 8.09. The fourth-order valence-corrected chi connectivity index (χ4v) is 2.86. The highest BCUT2D eigenvalue weighted by molar-refractivity contribution is 7.99. The Hall–Kier alpha value is -1.12. The number of nitrogen functional groups attached to an aromatic ring is 1. The SMILES string of the molecule is Cc1ccccc1Sc1c(N)ccc(Cl)c1C. The average Bonchev–Trinajstić information content (AvgIpc) is 2.32. The molecule has 0 aromatic heterocycles. The summed E-state index contributed by atoms with van der Waals surface area (Å²) in [5, 5.41) is 0.760. The minimum Gasteiger partial charge on any atom is -0.398 e. The van der Waals surface area contributed by atoms with E-state index in [2.05, 4.69) is 19.1 Å². The number of anilines is 1. The van der Waals surface area contributed by atoms with Crippen LogP contribution in [0.3, 0.4) is 0 Å². The molecule has 2 N–H and O–H groups in total. The standard InChI is InChI=1S/C14H14ClNS/c1-9-5-3-4-6-13(9)17-14-10(2)11(15)7-8-12(14)16/h3-8H,16H2,1-2H3. The van der Waals surface area contributed by atoms with Crippen LogP contribution in [0, 0.1) is 13.8 Å². The molecule has 0 spiro atoms. The number of hydrogen-bond donors (Lipinski definition) is 1. The van der Waals surface area contributed by atoms with Gasteiger partial charge in [0.05, 0.1) is 0 Å². The molecule has 88 valence electrons. The zero-order valence-electron chi connectivity index (χ0n) is 9.83. The Labute approximate surface area is 111 Å². The minimum atomic E-state index is 0.760. The molecule has 2 rings (SSSR count). The molecule has 1 nitrogen and oxygen atoms in total. The predicted molar refractivity (Wildman–Crippen MR) is 75.9 cm³/mol. The van der Waals surface area contributed by atoms with Crippen LogP contribution in [0.5, 0.6) is 0 Å². The maximum absolute atomic E-state index is 6.12. The van der Waals surface area contributed by atoms with Gasteiger partial charge in [0.15, 0.2) is 0 Å². The molecule has 0 saturated carbocycles. The van der Waals surface area contributed by atoms with Crippen LogP contribution in [-0.2, 0) is 0 Å². The van der Waals surface area contributed by atoms with Gasteiger partial charge in [0.25, 0.3) is 0 Å². The van der Waals surface area contributed by atoms with Crippen molar-refractivity contribution < 1.29 is 0 Å². The number of nitrogens with two attached hydrogens (primary N) is 1. The van der Waals surface area contributed by atoms with Crippen LogP contribution in [0.25, 0.3) is 0 Å². The number of hydrogen-bond acceptors (Lipinski definition) is 2. The summed E-state index contributed by atoms with van der Waals surface area (Å²) in [7, 11) is 0. The summed E-state index contributed by atoms with van der Waals surface area (Å²) in [5.74, 6) is 0. The number of halogens is 1.